The van der Waals surface area contributed by atoms with Gasteiger partial charge in [0.25, 0.3) is 0 Å². The summed E-state index contributed by atoms with van der Waals surface area (Å²) >= 11 is 7.99. The standard InChI is InChI=1S/C29H33NS.C28H31NS.C27H29NS.C26H27NS/c1-29(2,3)21-16-18-22(19-17-21)30(4)26-15-9-14-25-24-13-8-12-23(27(24)31-28(25)26)20-10-6-5-7-11-20;1-19(2)20-15-17-22(18-16-20)29(3)26-14-8-13-25-24-12-7-11-23(27(24)30-28(25)26)21-9-5-4-6-10-21;1-3-19-15-17-21(18-16-19)28(2)25-14-8-13-24-23-12-7-11-22(26(23)29-27(24)25)20-9-5-4-6-10-20;1-18-14-16-20(17-15-18)27(2)24-13-7-12-23-22-11-6-10-21(25(22)28-26(23)24)19-8-4-3-5-9-19/h8-9,12-20H,5-7,10-11H2,1-4H3;7-8,11-19,21H,4-6,9-10H2,1-3H3;7-8,11-18,20H,3-6,9-10H2,1-2H3;6-7,10-17,19H,3-5,8-9H2,1-2H3. The molecule has 16 aromatic rings. The largest absolute Gasteiger partial charge is 0.343 e. The minimum absolute atomic E-state index is 0.179. The highest BCUT2D eigenvalue weighted by atomic mass is 32.1. The average molecular weight is 1630 g/mol. The molecule has 20 rings (SSSR count). The third-order valence-corrected chi connectivity index (χ3v) is 32.2. The van der Waals surface area contributed by atoms with Crippen molar-refractivity contribution >= 4 is 172 Å². The van der Waals surface area contributed by atoms with Gasteiger partial charge in [-0.3, -0.25) is 0 Å². The minimum atomic E-state index is 0.179. The first-order valence-corrected chi connectivity index (χ1v) is 47.9. The zero-order valence-corrected chi connectivity index (χ0v) is 75.0. The summed E-state index contributed by atoms with van der Waals surface area (Å²) in [6, 6.07) is 91.0. The van der Waals surface area contributed by atoms with Crippen molar-refractivity contribution in [3.63, 3.8) is 0 Å². The average Bonchev–Trinajstić information content (AvgIpc) is 1.62. The molecule has 4 saturated carbocycles. The Morgan fingerprint density at radius 1 is 0.288 bits per heavy atom. The summed E-state index contributed by atoms with van der Waals surface area (Å²) in [5, 5.41) is 11.3. The van der Waals surface area contributed by atoms with Gasteiger partial charge in [0.05, 0.1) is 41.5 Å². The molecule has 4 fully saturated rings. The molecule has 0 unspecified atom stereocenters. The van der Waals surface area contributed by atoms with E-state index in [9.17, 15) is 0 Å². The molecule has 4 aliphatic rings. The molecule has 604 valence electrons. The number of aryl methyl sites for hydroxylation is 2. The molecule has 0 amide bonds. The Morgan fingerprint density at radius 2 is 0.525 bits per heavy atom. The molecule has 8 heteroatoms. The van der Waals surface area contributed by atoms with Crippen molar-refractivity contribution in [3.05, 3.63) is 287 Å². The van der Waals surface area contributed by atoms with Crippen molar-refractivity contribution in [1.29, 1.82) is 0 Å². The number of thiophene rings is 4. The van der Waals surface area contributed by atoms with E-state index in [0.29, 0.717) is 5.92 Å². The van der Waals surface area contributed by atoms with Crippen LogP contribution in [-0.4, -0.2) is 28.2 Å². The van der Waals surface area contributed by atoms with E-state index in [1.54, 1.807) is 22.3 Å². The molecular formula is C110H120N4S4. The molecule has 0 aliphatic heterocycles. The Morgan fingerprint density at radius 3 is 0.780 bits per heavy atom. The fourth-order valence-electron chi connectivity index (χ4n) is 19.9. The highest BCUT2D eigenvalue weighted by molar-refractivity contribution is 7.28. The minimum Gasteiger partial charge on any atom is -0.343 e. The summed E-state index contributed by atoms with van der Waals surface area (Å²) in [4.78, 5) is 9.38. The smallest absolute Gasteiger partial charge is 0.0592 e. The predicted octanol–water partition coefficient (Wildman–Crippen LogP) is 34.8. The van der Waals surface area contributed by atoms with E-state index in [1.807, 2.05) is 45.3 Å². The lowest BCUT2D eigenvalue weighted by Gasteiger charge is -2.23. The van der Waals surface area contributed by atoms with E-state index in [4.69, 9.17) is 0 Å². The number of hydrogen-bond acceptors (Lipinski definition) is 8. The van der Waals surface area contributed by atoms with E-state index in [2.05, 4.69) is 339 Å². The highest BCUT2D eigenvalue weighted by Gasteiger charge is 2.28. The maximum atomic E-state index is 2.39. The number of fused-ring (bicyclic) bond motifs is 12. The van der Waals surface area contributed by atoms with Crippen LogP contribution in [0.4, 0.5) is 45.5 Å². The molecule has 118 heavy (non-hydrogen) atoms. The first-order chi connectivity index (χ1) is 57.5. The molecule has 4 aromatic heterocycles. The van der Waals surface area contributed by atoms with Gasteiger partial charge < -0.3 is 19.6 Å². The molecule has 0 radical (unpaired) electrons. The second kappa shape index (κ2) is 36.0. The van der Waals surface area contributed by atoms with Crippen LogP contribution in [0.3, 0.4) is 0 Å². The Bertz CT molecular complexity index is 6120. The van der Waals surface area contributed by atoms with Gasteiger partial charge in [-0.15, -0.1) is 45.3 Å². The maximum absolute atomic E-state index is 2.39. The fourth-order valence-corrected chi connectivity index (χ4v) is 25.6. The van der Waals surface area contributed by atoms with E-state index in [0.717, 1.165) is 30.1 Å². The highest BCUT2D eigenvalue weighted by Crippen LogP contribution is 2.52. The zero-order valence-electron chi connectivity index (χ0n) is 71.8. The molecule has 0 bridgehead atoms. The topological polar surface area (TPSA) is 13.0 Å². The van der Waals surface area contributed by atoms with Crippen LogP contribution in [0, 0.1) is 6.92 Å². The van der Waals surface area contributed by atoms with Gasteiger partial charge in [-0.1, -0.05) is 294 Å². The van der Waals surface area contributed by atoms with Crippen LogP contribution in [0.1, 0.15) is 244 Å². The van der Waals surface area contributed by atoms with E-state index < -0.39 is 0 Å². The van der Waals surface area contributed by atoms with Gasteiger partial charge in [-0.05, 0) is 211 Å². The SMILES string of the molecule is CC(C)c1ccc(N(C)c2cccc3c2sc2c(C4CCCCC4)cccc23)cc1.CCc1ccc(N(C)c2cccc3c2sc2c(C4CCCCC4)cccc23)cc1.CN(c1ccc(C(C)(C)C)cc1)c1cccc2c1sc1c(C3CCCCC3)cccc12.Cc1ccc(N(C)c2cccc3c2sc2c(C4CCCCC4)cccc23)cc1. The molecule has 4 nitrogen and oxygen atoms in total. The van der Waals surface area contributed by atoms with Gasteiger partial charge in [0.1, 0.15) is 0 Å². The van der Waals surface area contributed by atoms with E-state index in [1.165, 1.54) is 277 Å². The van der Waals surface area contributed by atoms with Crippen LogP contribution < -0.4 is 19.6 Å². The van der Waals surface area contributed by atoms with Crippen LogP contribution in [-0.2, 0) is 11.8 Å². The summed E-state index contributed by atoms with van der Waals surface area (Å²) in [6.07, 6.45) is 28.6. The van der Waals surface area contributed by atoms with Crippen molar-refractivity contribution in [2.24, 2.45) is 0 Å². The second-order valence-corrected chi connectivity index (χ2v) is 40.0. The first kappa shape index (κ1) is 81.1. The number of nitrogens with zero attached hydrogens (tertiary/aromatic N) is 4. The molecule has 0 N–H and O–H groups in total. The van der Waals surface area contributed by atoms with Gasteiger partial charge in [-0.25, -0.2) is 0 Å². The Balaban J connectivity index is 0.000000113. The van der Waals surface area contributed by atoms with Gasteiger partial charge >= 0.3 is 0 Å². The molecular weight excluding hydrogens is 1510 g/mol. The molecule has 12 aromatic carbocycles. The molecule has 0 atom stereocenters. The van der Waals surface area contributed by atoms with Gasteiger partial charge in [0.2, 0.25) is 0 Å². The van der Waals surface area contributed by atoms with Crippen LogP contribution in [0.25, 0.3) is 80.7 Å². The van der Waals surface area contributed by atoms with Gasteiger partial charge in [0.15, 0.2) is 0 Å². The van der Waals surface area contributed by atoms with E-state index in [-0.39, 0.29) is 5.41 Å². The fraction of sp³-hybridized carbons (Fsp3) is 0.345. The molecule has 4 heterocycles. The van der Waals surface area contributed by atoms with Crippen LogP contribution >= 0.6 is 45.3 Å². The van der Waals surface area contributed by atoms with Gasteiger partial charge in [-0.2, -0.15) is 0 Å². The summed E-state index contributed by atoms with van der Waals surface area (Å²) < 4.78 is 11.7. The van der Waals surface area contributed by atoms with E-state index >= 15 is 0 Å². The molecule has 0 saturated heterocycles. The number of anilines is 8. The Labute approximate surface area is 719 Å². The van der Waals surface area contributed by atoms with Crippen molar-refractivity contribution in [2.75, 3.05) is 47.8 Å². The molecule has 4 aliphatic carbocycles. The number of hydrogen-bond donors (Lipinski definition) is 0. The lowest BCUT2D eigenvalue weighted by molar-refractivity contribution is 0.446. The Kier molecular flexibility index (Phi) is 24.7. The number of rotatable bonds is 14. The quantitative estimate of drug-likeness (QED) is 0.108. The van der Waals surface area contributed by atoms with Crippen LogP contribution in [0.15, 0.2) is 243 Å². The lowest BCUT2D eigenvalue weighted by atomic mass is 9.84. The Hall–Kier alpha value is -9.28. The third-order valence-electron chi connectivity index (χ3n) is 27.0. The second-order valence-electron chi connectivity index (χ2n) is 35.9. The number of benzene rings is 12. The maximum Gasteiger partial charge on any atom is 0.0592 e. The summed E-state index contributed by atoms with van der Waals surface area (Å²) in [6.45, 7) is 15.7. The van der Waals surface area contributed by atoms with Crippen molar-refractivity contribution in [1.82, 2.24) is 0 Å². The predicted molar refractivity (Wildman–Crippen MR) is 526 cm³/mol. The monoisotopic (exact) mass is 1620 g/mol. The summed E-state index contributed by atoms with van der Waals surface area (Å²) in [5.74, 6) is 3.51. The van der Waals surface area contributed by atoms with Crippen LogP contribution in [0.2, 0.25) is 0 Å². The zero-order chi connectivity index (χ0) is 81.1. The summed E-state index contributed by atoms with van der Waals surface area (Å²) in [7, 11) is 8.78. The normalized spacial score (nSPS) is 15.4. The lowest BCUT2D eigenvalue weighted by Crippen LogP contribution is -2.13. The third kappa shape index (κ3) is 16.8. The van der Waals surface area contributed by atoms with Crippen molar-refractivity contribution < 1.29 is 0 Å². The van der Waals surface area contributed by atoms with Crippen molar-refractivity contribution in [2.45, 2.75) is 218 Å². The van der Waals surface area contributed by atoms with Crippen LogP contribution in [0.5, 0.6) is 0 Å². The first-order valence-electron chi connectivity index (χ1n) is 44.6. The van der Waals surface area contributed by atoms with Crippen molar-refractivity contribution in [3.8, 4) is 0 Å². The summed E-state index contributed by atoms with van der Waals surface area (Å²) in [5.41, 5.74) is 22.2. The van der Waals surface area contributed by atoms with Gasteiger partial charge in [0, 0.05) is 113 Å². The molecule has 0 spiro atoms.